The average Bonchev–Trinajstić information content (AvgIpc) is 2.72. The second-order valence-corrected chi connectivity index (χ2v) is 6.36. The summed E-state index contributed by atoms with van der Waals surface area (Å²) in [4.78, 5) is 2.06. The molecule has 2 aromatic carbocycles. The lowest BCUT2D eigenvalue weighted by molar-refractivity contribution is 0.439. The van der Waals surface area contributed by atoms with Crippen LogP contribution in [0.5, 0.6) is 5.75 Å². The zero-order valence-electron chi connectivity index (χ0n) is 15.8. The molecule has 1 aliphatic heterocycles. The van der Waals surface area contributed by atoms with E-state index in [0.717, 1.165) is 16.8 Å². The van der Waals surface area contributed by atoms with E-state index >= 15 is 0 Å². The zero-order valence-corrected chi connectivity index (χ0v) is 15.8. The highest BCUT2D eigenvalue weighted by Crippen LogP contribution is 2.35. The molecule has 3 rings (SSSR count). The van der Waals surface area contributed by atoms with Crippen LogP contribution in [-0.4, -0.2) is 14.1 Å². The lowest BCUT2D eigenvalue weighted by Gasteiger charge is -2.18. The van der Waals surface area contributed by atoms with Gasteiger partial charge in [0.15, 0.2) is 0 Å². The van der Waals surface area contributed by atoms with Crippen LogP contribution < -0.4 is 9.64 Å². The molecule has 136 valence electrons. The molecule has 0 spiro atoms. The molecule has 0 atom stereocenters. The molecule has 28 heavy (non-hydrogen) atoms. The van der Waals surface area contributed by atoms with E-state index in [1.165, 1.54) is 0 Å². The summed E-state index contributed by atoms with van der Waals surface area (Å²) >= 11 is 0. The van der Waals surface area contributed by atoms with Crippen molar-refractivity contribution in [3.63, 3.8) is 0 Å². The molecule has 0 saturated heterocycles. The molecule has 1 aliphatic rings. The van der Waals surface area contributed by atoms with Crippen molar-refractivity contribution < 1.29 is 4.74 Å². The van der Waals surface area contributed by atoms with Crippen molar-refractivity contribution in [1.29, 1.82) is 10.5 Å². The van der Waals surface area contributed by atoms with E-state index in [4.69, 9.17) is 4.74 Å². The van der Waals surface area contributed by atoms with Crippen LogP contribution in [0.15, 0.2) is 84.2 Å². The lowest BCUT2D eigenvalue weighted by atomic mass is 9.97. The second kappa shape index (κ2) is 8.58. The molecule has 0 amide bonds. The minimum absolute atomic E-state index is 0.0678. The fraction of sp³-hybridized carbons (Fsp3) is 0.0833. The largest absolute Gasteiger partial charge is 0.457 e. The minimum Gasteiger partial charge on any atom is -0.457 e. The highest BCUT2D eigenvalue weighted by Gasteiger charge is 2.18. The number of ether oxygens (including phenoxy) is 1. The highest BCUT2D eigenvalue weighted by molar-refractivity contribution is 5.86. The Bertz CT molecular complexity index is 1060. The molecule has 0 fully saturated rings. The molecule has 0 aliphatic carbocycles. The Labute approximate surface area is 165 Å². The Hall–Kier alpha value is -4.02. The molecule has 0 N–H and O–H groups in total. The Balaban J connectivity index is 1.81. The van der Waals surface area contributed by atoms with Gasteiger partial charge in [-0.1, -0.05) is 48.6 Å². The van der Waals surface area contributed by atoms with Gasteiger partial charge in [0.05, 0.1) is 0 Å². The van der Waals surface area contributed by atoms with Gasteiger partial charge in [-0.2, -0.15) is 10.5 Å². The van der Waals surface area contributed by atoms with Gasteiger partial charge in [0, 0.05) is 30.9 Å². The molecule has 0 saturated carbocycles. The van der Waals surface area contributed by atoms with Gasteiger partial charge in [-0.05, 0) is 35.9 Å². The van der Waals surface area contributed by atoms with Gasteiger partial charge in [-0.15, -0.1) is 0 Å². The van der Waals surface area contributed by atoms with E-state index < -0.39 is 0 Å². The van der Waals surface area contributed by atoms with Crippen LogP contribution >= 0.6 is 0 Å². The first-order valence-electron chi connectivity index (χ1n) is 8.78. The van der Waals surface area contributed by atoms with Crippen LogP contribution in [0.1, 0.15) is 11.1 Å². The molecule has 1 heterocycles. The molecule has 0 bridgehead atoms. The zero-order chi connectivity index (χ0) is 19.9. The van der Waals surface area contributed by atoms with E-state index in [1.807, 2.05) is 74.8 Å². The van der Waals surface area contributed by atoms with E-state index in [-0.39, 0.29) is 5.57 Å². The van der Waals surface area contributed by atoms with Gasteiger partial charge in [-0.25, -0.2) is 0 Å². The number of rotatable bonds is 4. The highest BCUT2D eigenvalue weighted by atomic mass is 16.5. The molecule has 0 unspecified atom stereocenters. The quantitative estimate of drug-likeness (QED) is 0.559. The van der Waals surface area contributed by atoms with Crippen molar-refractivity contribution in [2.45, 2.75) is 0 Å². The van der Waals surface area contributed by atoms with Crippen LogP contribution in [0.4, 0.5) is 5.69 Å². The summed E-state index contributed by atoms with van der Waals surface area (Å²) in [6.45, 7) is 0. The Morgan fingerprint density at radius 1 is 0.929 bits per heavy atom. The van der Waals surface area contributed by atoms with Gasteiger partial charge in [-0.3, -0.25) is 0 Å². The third-order valence-electron chi connectivity index (χ3n) is 4.25. The fourth-order valence-electron chi connectivity index (χ4n) is 2.79. The topological polar surface area (TPSA) is 60.0 Å². The first-order chi connectivity index (χ1) is 13.6. The summed E-state index contributed by atoms with van der Waals surface area (Å²) in [6, 6.07) is 19.5. The molecule has 2 aromatic rings. The first kappa shape index (κ1) is 18.8. The summed E-state index contributed by atoms with van der Waals surface area (Å²) < 4.78 is 5.88. The van der Waals surface area contributed by atoms with Crippen molar-refractivity contribution >= 4 is 17.3 Å². The standard InChI is InChI=1S/C24H19N3O/c1-27(2)20-13-11-18(12-14-20)7-3-4-8-21-15-23(19(16-25)17-26)22-9-5-6-10-24(22)28-21/h3-15H,1-2H3/b7-3+,8-4+. The van der Waals surface area contributed by atoms with Crippen molar-refractivity contribution in [1.82, 2.24) is 0 Å². The predicted octanol–water partition coefficient (Wildman–Crippen LogP) is 5.10. The van der Waals surface area contributed by atoms with Crippen molar-refractivity contribution in [2.24, 2.45) is 0 Å². The first-order valence-corrected chi connectivity index (χ1v) is 8.78. The second-order valence-electron chi connectivity index (χ2n) is 6.36. The number of anilines is 1. The fourth-order valence-corrected chi connectivity index (χ4v) is 2.79. The third kappa shape index (κ3) is 4.20. The summed E-state index contributed by atoms with van der Waals surface area (Å²) in [5.41, 5.74) is 3.63. The summed E-state index contributed by atoms with van der Waals surface area (Å²) in [5.74, 6) is 1.20. The van der Waals surface area contributed by atoms with E-state index in [1.54, 1.807) is 6.08 Å². The summed E-state index contributed by atoms with van der Waals surface area (Å²) in [6.07, 6.45) is 9.33. The molecule has 0 radical (unpaired) electrons. The number of benzene rings is 2. The molecular weight excluding hydrogens is 346 g/mol. The maximum Gasteiger partial charge on any atom is 0.137 e. The van der Waals surface area contributed by atoms with Crippen molar-refractivity contribution in [2.75, 3.05) is 19.0 Å². The van der Waals surface area contributed by atoms with E-state index in [0.29, 0.717) is 17.1 Å². The number of allylic oxidation sites excluding steroid dienone is 6. The monoisotopic (exact) mass is 365 g/mol. The maximum absolute atomic E-state index is 9.25. The molecule has 4 nitrogen and oxygen atoms in total. The van der Waals surface area contributed by atoms with Crippen LogP contribution in [0.2, 0.25) is 0 Å². The van der Waals surface area contributed by atoms with Crippen LogP contribution in [0.25, 0.3) is 11.6 Å². The normalized spacial score (nSPS) is 12.7. The number of fused-ring (bicyclic) bond motifs is 1. The molecule has 0 aromatic heterocycles. The predicted molar refractivity (Wildman–Crippen MR) is 112 cm³/mol. The lowest BCUT2D eigenvalue weighted by Crippen LogP contribution is -2.07. The molecular formula is C24H19N3O. The number of nitrogens with zero attached hydrogens (tertiary/aromatic N) is 3. The van der Waals surface area contributed by atoms with Gasteiger partial charge in [0.2, 0.25) is 0 Å². The average molecular weight is 365 g/mol. The summed E-state index contributed by atoms with van der Waals surface area (Å²) in [5, 5.41) is 18.5. The SMILES string of the molecule is CN(C)c1ccc(/C=C/C=C/C2=CC(=C(C#N)C#N)c3ccccc3O2)cc1. The molecule has 4 heteroatoms. The van der Waals surface area contributed by atoms with E-state index in [9.17, 15) is 10.5 Å². The van der Waals surface area contributed by atoms with Crippen molar-refractivity contribution in [3.05, 3.63) is 95.3 Å². The number of nitriles is 2. The van der Waals surface area contributed by atoms with Gasteiger partial charge < -0.3 is 9.64 Å². The van der Waals surface area contributed by atoms with Crippen LogP contribution in [0.3, 0.4) is 0 Å². The van der Waals surface area contributed by atoms with Gasteiger partial charge in [0.25, 0.3) is 0 Å². The number of para-hydroxylation sites is 1. The van der Waals surface area contributed by atoms with Crippen LogP contribution in [-0.2, 0) is 0 Å². The number of hydrogen-bond acceptors (Lipinski definition) is 4. The summed E-state index contributed by atoms with van der Waals surface area (Å²) in [7, 11) is 4.02. The Morgan fingerprint density at radius 3 is 2.29 bits per heavy atom. The van der Waals surface area contributed by atoms with Gasteiger partial charge in [0.1, 0.15) is 29.2 Å². The smallest absolute Gasteiger partial charge is 0.137 e. The third-order valence-corrected chi connectivity index (χ3v) is 4.25. The number of hydrogen-bond donors (Lipinski definition) is 0. The maximum atomic E-state index is 9.25. The Kier molecular flexibility index (Phi) is 5.75. The van der Waals surface area contributed by atoms with Crippen LogP contribution in [0, 0.1) is 22.7 Å². The van der Waals surface area contributed by atoms with Gasteiger partial charge >= 0.3 is 0 Å². The van der Waals surface area contributed by atoms with Crippen molar-refractivity contribution in [3.8, 4) is 17.9 Å². The minimum atomic E-state index is 0.0678. The van der Waals surface area contributed by atoms with E-state index in [2.05, 4.69) is 29.2 Å². The Morgan fingerprint density at radius 2 is 1.61 bits per heavy atom.